The van der Waals surface area contributed by atoms with Gasteiger partial charge in [-0.05, 0) is 12.8 Å². The van der Waals surface area contributed by atoms with E-state index in [1.165, 1.54) is 18.9 Å². The largest absolute Gasteiger partial charge is 0.326 e. The first-order valence-electron chi connectivity index (χ1n) is 5.98. The van der Waals surface area contributed by atoms with Crippen LogP contribution in [0.2, 0.25) is 0 Å². The summed E-state index contributed by atoms with van der Waals surface area (Å²) in [6.45, 7) is 0. The van der Waals surface area contributed by atoms with Crippen LogP contribution in [0.15, 0.2) is 17.3 Å². The fourth-order valence-corrected chi connectivity index (χ4v) is 2.88. The van der Waals surface area contributed by atoms with Gasteiger partial charge in [0.1, 0.15) is 4.90 Å². The lowest BCUT2D eigenvalue weighted by atomic mass is 10.0. The van der Waals surface area contributed by atoms with Crippen LogP contribution < -0.4 is 5.73 Å². The Morgan fingerprint density at radius 2 is 2.06 bits per heavy atom. The second-order valence-corrected chi connectivity index (χ2v) is 6.81. The summed E-state index contributed by atoms with van der Waals surface area (Å²) in [5, 5.41) is 4.16. The molecule has 1 saturated carbocycles. The van der Waals surface area contributed by atoms with Gasteiger partial charge in [0.25, 0.3) is 0 Å². The molecule has 1 aliphatic carbocycles. The normalized spacial score (nSPS) is 26.7. The maximum atomic E-state index is 11.4. The first kappa shape index (κ1) is 12.6. The van der Waals surface area contributed by atoms with Crippen LogP contribution in [0.1, 0.15) is 38.1 Å². The van der Waals surface area contributed by atoms with E-state index in [1.807, 2.05) is 0 Å². The third kappa shape index (κ3) is 2.87. The van der Waals surface area contributed by atoms with E-state index in [0.29, 0.717) is 0 Å². The van der Waals surface area contributed by atoms with Crippen molar-refractivity contribution in [3.63, 3.8) is 0 Å². The topological polar surface area (TPSA) is 78.0 Å². The summed E-state index contributed by atoms with van der Waals surface area (Å²) in [5.74, 6) is 0. The Balaban J connectivity index is 2.24. The molecule has 0 spiro atoms. The van der Waals surface area contributed by atoms with Crippen molar-refractivity contribution in [3.8, 4) is 0 Å². The van der Waals surface area contributed by atoms with Gasteiger partial charge >= 0.3 is 0 Å². The predicted molar refractivity (Wildman–Crippen MR) is 65.4 cm³/mol. The van der Waals surface area contributed by atoms with E-state index < -0.39 is 9.84 Å². The van der Waals surface area contributed by atoms with Gasteiger partial charge in [0.05, 0.1) is 12.2 Å². The molecule has 2 unspecified atom stereocenters. The lowest BCUT2D eigenvalue weighted by molar-refractivity contribution is 0.358. The Morgan fingerprint density at radius 1 is 1.35 bits per heavy atom. The molecule has 0 aromatic carbocycles. The summed E-state index contributed by atoms with van der Waals surface area (Å²) in [4.78, 5) is 0.272. The van der Waals surface area contributed by atoms with Crippen molar-refractivity contribution in [2.75, 3.05) is 6.26 Å². The van der Waals surface area contributed by atoms with Gasteiger partial charge in [-0.2, -0.15) is 5.10 Å². The van der Waals surface area contributed by atoms with Gasteiger partial charge in [-0.3, -0.25) is 4.68 Å². The molecule has 17 heavy (non-hydrogen) atoms. The average molecular weight is 257 g/mol. The Hall–Kier alpha value is -0.880. The highest BCUT2D eigenvalue weighted by molar-refractivity contribution is 7.90. The highest BCUT2D eigenvalue weighted by atomic mass is 32.2. The second-order valence-electron chi connectivity index (χ2n) is 4.80. The fourth-order valence-electron chi connectivity index (χ4n) is 2.34. The summed E-state index contributed by atoms with van der Waals surface area (Å²) in [5.41, 5.74) is 6.12. The van der Waals surface area contributed by atoms with Crippen LogP contribution in [0.25, 0.3) is 0 Å². The van der Waals surface area contributed by atoms with E-state index in [-0.39, 0.29) is 17.0 Å². The molecule has 5 nitrogen and oxygen atoms in total. The Morgan fingerprint density at radius 3 is 2.71 bits per heavy atom. The number of nitrogens with two attached hydrogens (primary N) is 1. The van der Waals surface area contributed by atoms with Crippen molar-refractivity contribution in [1.82, 2.24) is 9.78 Å². The monoisotopic (exact) mass is 257 g/mol. The molecule has 2 rings (SSSR count). The van der Waals surface area contributed by atoms with Crippen LogP contribution >= 0.6 is 0 Å². The summed E-state index contributed by atoms with van der Waals surface area (Å²) in [6, 6.07) is 0.206. The maximum absolute atomic E-state index is 11.4. The quantitative estimate of drug-likeness (QED) is 0.805. The third-order valence-electron chi connectivity index (χ3n) is 3.38. The number of sulfone groups is 1. The first-order valence-corrected chi connectivity index (χ1v) is 7.87. The van der Waals surface area contributed by atoms with E-state index in [0.717, 1.165) is 25.7 Å². The predicted octanol–water partition coefficient (Wildman–Crippen LogP) is 1.12. The van der Waals surface area contributed by atoms with Crippen LogP contribution in [0, 0.1) is 0 Å². The third-order valence-corrected chi connectivity index (χ3v) is 4.44. The molecule has 2 atom stereocenters. The molecule has 0 radical (unpaired) electrons. The van der Waals surface area contributed by atoms with Crippen LogP contribution in [0.4, 0.5) is 0 Å². The molecule has 1 heterocycles. The van der Waals surface area contributed by atoms with Crippen LogP contribution in [0.3, 0.4) is 0 Å². The minimum Gasteiger partial charge on any atom is -0.326 e. The van der Waals surface area contributed by atoms with Gasteiger partial charge in [0, 0.05) is 18.5 Å². The highest BCUT2D eigenvalue weighted by Gasteiger charge is 2.23. The molecule has 2 N–H and O–H groups in total. The molecule has 1 aliphatic rings. The average Bonchev–Trinajstić information content (AvgIpc) is 2.63. The summed E-state index contributed by atoms with van der Waals surface area (Å²) in [6.07, 6.45) is 9.65. The number of rotatable bonds is 2. The van der Waals surface area contributed by atoms with Crippen molar-refractivity contribution in [3.05, 3.63) is 12.4 Å². The number of hydrogen-bond acceptors (Lipinski definition) is 4. The van der Waals surface area contributed by atoms with E-state index in [2.05, 4.69) is 5.10 Å². The van der Waals surface area contributed by atoms with E-state index in [4.69, 9.17) is 5.73 Å². The van der Waals surface area contributed by atoms with Crippen LogP contribution in [-0.2, 0) is 9.84 Å². The fraction of sp³-hybridized carbons (Fsp3) is 0.727. The van der Waals surface area contributed by atoms with Crippen LogP contribution in [-0.4, -0.2) is 30.5 Å². The number of hydrogen-bond donors (Lipinski definition) is 1. The van der Waals surface area contributed by atoms with Gasteiger partial charge in [-0.1, -0.05) is 19.3 Å². The first-order chi connectivity index (χ1) is 7.98. The Kier molecular flexibility index (Phi) is 3.53. The van der Waals surface area contributed by atoms with Crippen molar-refractivity contribution < 1.29 is 8.42 Å². The van der Waals surface area contributed by atoms with E-state index in [9.17, 15) is 8.42 Å². The van der Waals surface area contributed by atoms with E-state index >= 15 is 0 Å². The molecule has 0 amide bonds. The molecule has 0 aliphatic heterocycles. The minimum absolute atomic E-state index is 0.0739. The maximum Gasteiger partial charge on any atom is 0.178 e. The Bertz CT molecular complexity index is 481. The smallest absolute Gasteiger partial charge is 0.178 e. The number of aromatic nitrogens is 2. The van der Waals surface area contributed by atoms with Gasteiger partial charge in [-0.15, -0.1) is 0 Å². The van der Waals surface area contributed by atoms with Crippen molar-refractivity contribution in [1.29, 1.82) is 0 Å². The van der Waals surface area contributed by atoms with E-state index in [1.54, 1.807) is 10.9 Å². The lowest BCUT2D eigenvalue weighted by Gasteiger charge is -2.21. The lowest BCUT2D eigenvalue weighted by Crippen LogP contribution is -2.31. The molecule has 0 saturated heterocycles. The zero-order chi connectivity index (χ0) is 12.5. The Labute approximate surface area is 102 Å². The molecule has 1 aromatic rings. The zero-order valence-corrected chi connectivity index (χ0v) is 10.9. The van der Waals surface area contributed by atoms with Gasteiger partial charge < -0.3 is 5.73 Å². The number of nitrogens with zero attached hydrogens (tertiary/aromatic N) is 2. The summed E-state index contributed by atoms with van der Waals surface area (Å²) < 4.78 is 24.5. The van der Waals surface area contributed by atoms with Crippen molar-refractivity contribution in [2.45, 2.75) is 49.1 Å². The summed E-state index contributed by atoms with van der Waals surface area (Å²) >= 11 is 0. The highest BCUT2D eigenvalue weighted by Crippen LogP contribution is 2.26. The zero-order valence-electron chi connectivity index (χ0n) is 10.0. The van der Waals surface area contributed by atoms with Crippen LogP contribution in [0.5, 0.6) is 0 Å². The van der Waals surface area contributed by atoms with Crippen molar-refractivity contribution >= 4 is 9.84 Å². The SMILES string of the molecule is CS(=O)(=O)c1cnn(C2CCCCCC2N)c1. The molecule has 6 heteroatoms. The second kappa shape index (κ2) is 4.78. The van der Waals surface area contributed by atoms with Gasteiger partial charge in [0.2, 0.25) is 0 Å². The molecule has 1 aromatic heterocycles. The summed E-state index contributed by atoms with van der Waals surface area (Å²) in [7, 11) is -3.17. The van der Waals surface area contributed by atoms with Gasteiger partial charge in [0.15, 0.2) is 9.84 Å². The van der Waals surface area contributed by atoms with Crippen molar-refractivity contribution in [2.24, 2.45) is 5.73 Å². The standard InChI is InChI=1S/C11H19N3O2S/c1-17(15,16)9-7-13-14(8-9)11-6-4-2-3-5-10(11)12/h7-8,10-11H,2-6,12H2,1H3. The molecule has 1 fully saturated rings. The minimum atomic E-state index is -3.17. The molecule has 96 valence electrons. The molecular formula is C11H19N3O2S. The molecule has 0 bridgehead atoms. The van der Waals surface area contributed by atoms with Gasteiger partial charge in [-0.25, -0.2) is 8.42 Å². The molecular weight excluding hydrogens is 238 g/mol.